The predicted molar refractivity (Wildman–Crippen MR) is 145 cm³/mol. The van der Waals surface area contributed by atoms with E-state index in [2.05, 4.69) is 10.4 Å². The first-order valence-corrected chi connectivity index (χ1v) is 12.4. The number of hydrogen-bond donors (Lipinski definition) is 1. The van der Waals surface area contributed by atoms with E-state index < -0.39 is 5.97 Å². The molecule has 1 heterocycles. The Balaban J connectivity index is 1.44. The molecule has 0 spiro atoms. The van der Waals surface area contributed by atoms with Crippen LogP contribution in [0.3, 0.4) is 0 Å². The highest BCUT2D eigenvalue weighted by molar-refractivity contribution is 6.05. The summed E-state index contributed by atoms with van der Waals surface area (Å²) in [5.74, 6) is 0.867. The van der Waals surface area contributed by atoms with E-state index in [9.17, 15) is 9.59 Å². The number of nitrogens with one attached hydrogen (secondary N) is 1. The zero-order valence-corrected chi connectivity index (χ0v) is 22.0. The molecule has 0 unspecified atom stereocenters. The van der Waals surface area contributed by atoms with Gasteiger partial charge in [-0.3, -0.25) is 9.48 Å². The topological polar surface area (TPSA) is 91.7 Å². The minimum atomic E-state index is -0.401. The maximum atomic E-state index is 13.1. The van der Waals surface area contributed by atoms with E-state index in [1.807, 2.05) is 75.4 Å². The molecule has 1 N–H and O–H groups in total. The van der Waals surface area contributed by atoms with E-state index in [0.717, 1.165) is 28.3 Å². The minimum absolute atomic E-state index is 0.242. The Bertz CT molecular complexity index is 1430. The SMILES string of the molecule is CCOc1ccc(OCc2cccc(C(=O)Nc3c(C)nn(Cc4ccccc4C(=O)OC)c3C)c2)cc1. The van der Waals surface area contributed by atoms with Crippen molar-refractivity contribution in [3.8, 4) is 11.5 Å². The highest BCUT2D eigenvalue weighted by Gasteiger charge is 2.18. The van der Waals surface area contributed by atoms with E-state index in [-0.39, 0.29) is 5.91 Å². The summed E-state index contributed by atoms with van der Waals surface area (Å²) >= 11 is 0. The van der Waals surface area contributed by atoms with Crippen LogP contribution < -0.4 is 14.8 Å². The summed E-state index contributed by atoms with van der Waals surface area (Å²) in [7, 11) is 1.36. The number of aryl methyl sites for hydroxylation is 1. The number of carbonyl (C=O) groups excluding carboxylic acids is 2. The van der Waals surface area contributed by atoms with Gasteiger partial charge in [0.2, 0.25) is 0 Å². The minimum Gasteiger partial charge on any atom is -0.494 e. The molecule has 38 heavy (non-hydrogen) atoms. The Morgan fingerprint density at radius 3 is 2.34 bits per heavy atom. The van der Waals surface area contributed by atoms with Crippen LogP contribution in [-0.2, 0) is 17.9 Å². The Morgan fingerprint density at radius 2 is 1.63 bits per heavy atom. The van der Waals surface area contributed by atoms with Crippen molar-refractivity contribution in [2.24, 2.45) is 0 Å². The van der Waals surface area contributed by atoms with Crippen molar-refractivity contribution in [3.63, 3.8) is 0 Å². The van der Waals surface area contributed by atoms with E-state index in [1.54, 1.807) is 22.9 Å². The van der Waals surface area contributed by atoms with Crippen LogP contribution in [0, 0.1) is 13.8 Å². The Hall–Kier alpha value is -4.59. The van der Waals surface area contributed by atoms with Crippen LogP contribution in [0.25, 0.3) is 0 Å². The molecule has 4 rings (SSSR count). The molecule has 0 atom stereocenters. The van der Waals surface area contributed by atoms with Crippen LogP contribution in [0.15, 0.2) is 72.8 Å². The van der Waals surface area contributed by atoms with E-state index in [4.69, 9.17) is 14.2 Å². The van der Waals surface area contributed by atoms with Crippen molar-refractivity contribution in [1.29, 1.82) is 0 Å². The van der Waals surface area contributed by atoms with Gasteiger partial charge in [0.15, 0.2) is 0 Å². The second-order valence-electron chi connectivity index (χ2n) is 8.70. The molecule has 3 aromatic carbocycles. The van der Waals surface area contributed by atoms with Crippen LogP contribution in [0.5, 0.6) is 11.5 Å². The van der Waals surface area contributed by atoms with Gasteiger partial charge in [0, 0.05) is 5.56 Å². The summed E-state index contributed by atoms with van der Waals surface area (Å²) in [6.07, 6.45) is 0. The van der Waals surface area contributed by atoms with Gasteiger partial charge in [-0.25, -0.2) is 4.79 Å². The lowest BCUT2D eigenvalue weighted by atomic mass is 10.1. The number of aromatic nitrogens is 2. The number of benzene rings is 3. The van der Waals surface area contributed by atoms with Gasteiger partial charge in [-0.1, -0.05) is 30.3 Å². The molecular weight excluding hydrogens is 482 g/mol. The van der Waals surface area contributed by atoms with Crippen molar-refractivity contribution >= 4 is 17.6 Å². The van der Waals surface area contributed by atoms with Gasteiger partial charge in [0.1, 0.15) is 18.1 Å². The van der Waals surface area contributed by atoms with Gasteiger partial charge < -0.3 is 19.5 Å². The van der Waals surface area contributed by atoms with Gasteiger partial charge in [-0.2, -0.15) is 5.10 Å². The standard InChI is InChI=1S/C30H31N3O5/c1-5-37-25-13-15-26(16-14-25)38-19-22-9-8-11-23(17-22)29(34)31-28-20(2)32-33(21(28)3)18-24-10-6-7-12-27(24)30(35)36-4/h6-17H,5,18-19H2,1-4H3,(H,31,34). The fourth-order valence-electron chi connectivity index (χ4n) is 4.11. The third kappa shape index (κ3) is 6.21. The van der Waals surface area contributed by atoms with E-state index in [1.165, 1.54) is 7.11 Å². The second-order valence-corrected chi connectivity index (χ2v) is 8.70. The monoisotopic (exact) mass is 513 g/mol. The summed E-state index contributed by atoms with van der Waals surface area (Å²) in [5, 5.41) is 7.60. The molecular formula is C30H31N3O5. The number of rotatable bonds is 10. The zero-order valence-electron chi connectivity index (χ0n) is 22.0. The van der Waals surface area contributed by atoms with Crippen molar-refractivity contribution in [2.45, 2.75) is 33.9 Å². The summed E-state index contributed by atoms with van der Waals surface area (Å²) in [6.45, 7) is 6.97. The van der Waals surface area contributed by atoms with E-state index in [0.29, 0.717) is 42.3 Å². The van der Waals surface area contributed by atoms with Crippen LogP contribution in [-0.4, -0.2) is 35.4 Å². The molecule has 0 saturated heterocycles. The molecule has 0 bridgehead atoms. The molecule has 0 fully saturated rings. The van der Waals surface area contributed by atoms with Gasteiger partial charge >= 0.3 is 5.97 Å². The van der Waals surface area contributed by atoms with Gasteiger partial charge in [-0.05, 0) is 74.4 Å². The first kappa shape index (κ1) is 26.5. The summed E-state index contributed by atoms with van der Waals surface area (Å²) in [5.41, 5.74) is 4.75. The Labute approximate surface area is 222 Å². The molecule has 0 radical (unpaired) electrons. The molecule has 8 heteroatoms. The quantitative estimate of drug-likeness (QED) is 0.279. The Kier molecular flexibility index (Phi) is 8.43. The fraction of sp³-hybridized carbons (Fsp3) is 0.233. The van der Waals surface area contributed by atoms with Crippen molar-refractivity contribution in [2.75, 3.05) is 19.0 Å². The molecule has 0 aliphatic rings. The number of esters is 1. The highest BCUT2D eigenvalue weighted by Crippen LogP contribution is 2.23. The normalized spacial score (nSPS) is 10.6. The largest absolute Gasteiger partial charge is 0.494 e. The highest BCUT2D eigenvalue weighted by atomic mass is 16.5. The molecule has 0 saturated carbocycles. The van der Waals surface area contributed by atoms with Crippen molar-refractivity contribution in [1.82, 2.24) is 9.78 Å². The first-order valence-electron chi connectivity index (χ1n) is 12.4. The molecule has 0 aliphatic heterocycles. The number of anilines is 1. The summed E-state index contributed by atoms with van der Waals surface area (Å²) < 4.78 is 18.0. The number of hydrogen-bond acceptors (Lipinski definition) is 6. The molecule has 8 nitrogen and oxygen atoms in total. The number of carbonyl (C=O) groups is 2. The molecule has 0 aliphatic carbocycles. The first-order chi connectivity index (χ1) is 18.4. The Morgan fingerprint density at radius 1 is 0.921 bits per heavy atom. The third-order valence-electron chi connectivity index (χ3n) is 6.09. The fourth-order valence-corrected chi connectivity index (χ4v) is 4.11. The van der Waals surface area contributed by atoms with Gasteiger partial charge in [0.25, 0.3) is 5.91 Å². The van der Waals surface area contributed by atoms with Crippen LogP contribution in [0.1, 0.15) is 50.2 Å². The lowest BCUT2D eigenvalue weighted by Crippen LogP contribution is -2.14. The molecule has 196 valence electrons. The number of methoxy groups -OCH3 is 1. The second kappa shape index (κ2) is 12.1. The summed E-state index contributed by atoms with van der Waals surface area (Å²) in [4.78, 5) is 25.3. The number of amides is 1. The van der Waals surface area contributed by atoms with Crippen molar-refractivity contribution < 1.29 is 23.8 Å². The average Bonchev–Trinajstić information content (AvgIpc) is 3.20. The lowest BCUT2D eigenvalue weighted by Gasteiger charge is -2.11. The predicted octanol–water partition coefficient (Wildman–Crippen LogP) is 5.56. The van der Waals surface area contributed by atoms with Gasteiger partial charge in [0.05, 0.1) is 42.9 Å². The van der Waals surface area contributed by atoms with Gasteiger partial charge in [-0.15, -0.1) is 0 Å². The third-order valence-corrected chi connectivity index (χ3v) is 6.09. The molecule has 1 aromatic heterocycles. The van der Waals surface area contributed by atoms with Crippen molar-refractivity contribution in [3.05, 3.63) is 106 Å². The zero-order chi connectivity index (χ0) is 27.1. The molecule has 1 amide bonds. The lowest BCUT2D eigenvalue weighted by molar-refractivity contribution is 0.0599. The summed E-state index contributed by atoms with van der Waals surface area (Å²) in [6, 6.07) is 22.0. The van der Waals surface area contributed by atoms with Crippen LogP contribution >= 0.6 is 0 Å². The van der Waals surface area contributed by atoms with Crippen LogP contribution in [0.2, 0.25) is 0 Å². The number of ether oxygens (including phenoxy) is 3. The van der Waals surface area contributed by atoms with Crippen LogP contribution in [0.4, 0.5) is 5.69 Å². The maximum absolute atomic E-state index is 13.1. The van der Waals surface area contributed by atoms with E-state index >= 15 is 0 Å². The average molecular weight is 514 g/mol. The molecule has 4 aromatic rings. The smallest absolute Gasteiger partial charge is 0.338 e. The number of nitrogens with zero attached hydrogens (tertiary/aromatic N) is 2. The maximum Gasteiger partial charge on any atom is 0.338 e.